The third-order valence-electron chi connectivity index (χ3n) is 4.90. The quantitative estimate of drug-likeness (QED) is 0.538. The molecule has 0 aromatic heterocycles. The Bertz CT molecular complexity index is 990. The topological polar surface area (TPSA) is 73.8 Å². The summed E-state index contributed by atoms with van der Waals surface area (Å²) in [5.74, 6) is -0.520. The molecule has 0 aliphatic carbocycles. The summed E-state index contributed by atoms with van der Waals surface area (Å²) in [5.41, 5.74) is 0.885. The summed E-state index contributed by atoms with van der Waals surface area (Å²) in [6.45, 7) is 4.00. The molecule has 1 atom stereocenters. The van der Waals surface area contributed by atoms with Crippen molar-refractivity contribution in [1.82, 2.24) is 10.6 Å². The first-order valence-electron chi connectivity index (χ1n) is 9.80. The van der Waals surface area contributed by atoms with Crippen molar-refractivity contribution in [2.45, 2.75) is 30.8 Å². The number of sulfone groups is 1. The summed E-state index contributed by atoms with van der Waals surface area (Å²) in [4.78, 5) is 6.52. The lowest BCUT2D eigenvalue weighted by molar-refractivity contribution is 0.575. The molecule has 1 fully saturated rings. The van der Waals surface area contributed by atoms with E-state index in [0.29, 0.717) is 32.1 Å². The first-order valence-corrected chi connectivity index (χ1v) is 11.7. The van der Waals surface area contributed by atoms with Gasteiger partial charge in [0, 0.05) is 31.9 Å². The predicted molar refractivity (Wildman–Crippen MR) is 114 cm³/mol. The molecule has 2 aromatic carbocycles. The van der Waals surface area contributed by atoms with Gasteiger partial charge in [-0.15, -0.1) is 0 Å². The normalized spacial score (nSPS) is 17.3. The Hall–Kier alpha value is -2.68. The highest BCUT2D eigenvalue weighted by molar-refractivity contribution is 7.90. The Morgan fingerprint density at radius 3 is 2.43 bits per heavy atom. The molecule has 9 heteroatoms. The third-order valence-corrected chi connectivity index (χ3v) is 6.03. The molecule has 0 saturated carbocycles. The number of nitrogens with one attached hydrogen (secondary N) is 2. The third kappa shape index (κ3) is 5.47. The molecule has 1 heterocycles. The van der Waals surface area contributed by atoms with Crippen molar-refractivity contribution in [2.24, 2.45) is 4.99 Å². The molecular formula is C21H26F2N4O2S. The standard InChI is InChI=1S/C21H26F2N4O2S/c1-3-24-21(25-13-15-7-9-17(10-8-15)30(2,28)29)26-16-11-12-27(14-16)20-18(22)5-4-6-19(20)23/h4-10,16H,3,11-14H2,1-2H3,(H2,24,25,26). The smallest absolute Gasteiger partial charge is 0.191 e. The van der Waals surface area contributed by atoms with Crippen molar-refractivity contribution in [3.05, 3.63) is 59.7 Å². The molecule has 1 aliphatic heterocycles. The van der Waals surface area contributed by atoms with Gasteiger partial charge in [0.2, 0.25) is 0 Å². The summed E-state index contributed by atoms with van der Waals surface area (Å²) in [5, 5.41) is 6.49. The van der Waals surface area contributed by atoms with Crippen molar-refractivity contribution < 1.29 is 17.2 Å². The first kappa shape index (κ1) is 22.0. The van der Waals surface area contributed by atoms with Crippen LogP contribution in [0.1, 0.15) is 18.9 Å². The number of rotatable bonds is 6. The Morgan fingerprint density at radius 1 is 1.17 bits per heavy atom. The summed E-state index contributed by atoms with van der Waals surface area (Å²) in [6.07, 6.45) is 1.90. The van der Waals surface area contributed by atoms with E-state index in [4.69, 9.17) is 0 Å². The van der Waals surface area contributed by atoms with Gasteiger partial charge < -0.3 is 15.5 Å². The van der Waals surface area contributed by atoms with Gasteiger partial charge in [-0.1, -0.05) is 18.2 Å². The molecular weight excluding hydrogens is 410 g/mol. The maximum Gasteiger partial charge on any atom is 0.191 e. The van der Waals surface area contributed by atoms with Crippen molar-refractivity contribution in [3.8, 4) is 0 Å². The second kappa shape index (κ2) is 9.42. The Labute approximate surface area is 175 Å². The molecule has 162 valence electrons. The summed E-state index contributed by atoms with van der Waals surface area (Å²) in [7, 11) is -3.23. The van der Waals surface area contributed by atoms with Gasteiger partial charge in [0.05, 0.1) is 11.4 Å². The van der Waals surface area contributed by atoms with E-state index >= 15 is 0 Å². The Balaban J connectivity index is 1.64. The molecule has 1 saturated heterocycles. The highest BCUT2D eigenvalue weighted by Gasteiger charge is 2.27. The highest BCUT2D eigenvalue weighted by atomic mass is 32.2. The lowest BCUT2D eigenvalue weighted by Gasteiger charge is -2.21. The van der Waals surface area contributed by atoms with Gasteiger partial charge in [-0.25, -0.2) is 22.2 Å². The number of hydrogen-bond acceptors (Lipinski definition) is 4. The second-order valence-corrected chi connectivity index (χ2v) is 9.27. The molecule has 0 bridgehead atoms. The van der Waals surface area contributed by atoms with Crippen LogP contribution in [0.15, 0.2) is 52.4 Å². The van der Waals surface area contributed by atoms with E-state index in [-0.39, 0.29) is 16.6 Å². The number of nitrogens with zero attached hydrogens (tertiary/aromatic N) is 2. The van der Waals surface area contributed by atoms with Gasteiger partial charge in [0.1, 0.15) is 17.3 Å². The van der Waals surface area contributed by atoms with Gasteiger partial charge in [-0.05, 0) is 43.2 Å². The van der Waals surface area contributed by atoms with Crippen molar-refractivity contribution in [1.29, 1.82) is 0 Å². The van der Waals surface area contributed by atoms with E-state index in [1.165, 1.54) is 24.5 Å². The molecule has 2 N–H and O–H groups in total. The molecule has 30 heavy (non-hydrogen) atoms. The van der Waals surface area contributed by atoms with E-state index < -0.39 is 21.5 Å². The number of anilines is 1. The summed E-state index contributed by atoms with van der Waals surface area (Å²) < 4.78 is 51.2. The number of para-hydroxylation sites is 1. The van der Waals surface area contributed by atoms with Crippen LogP contribution in [0.25, 0.3) is 0 Å². The van der Waals surface area contributed by atoms with Crippen LogP contribution in [0, 0.1) is 11.6 Å². The van der Waals surface area contributed by atoms with Crippen LogP contribution in [-0.2, 0) is 16.4 Å². The van der Waals surface area contributed by atoms with Crippen LogP contribution in [0.3, 0.4) is 0 Å². The summed E-state index contributed by atoms with van der Waals surface area (Å²) >= 11 is 0. The molecule has 1 aliphatic rings. The zero-order valence-electron chi connectivity index (χ0n) is 17.0. The van der Waals surface area contributed by atoms with E-state index in [9.17, 15) is 17.2 Å². The molecule has 0 spiro atoms. The van der Waals surface area contributed by atoms with Gasteiger partial charge in [0.15, 0.2) is 15.8 Å². The van der Waals surface area contributed by atoms with Crippen LogP contribution in [0.5, 0.6) is 0 Å². The molecule has 0 amide bonds. The van der Waals surface area contributed by atoms with Gasteiger partial charge in [-0.2, -0.15) is 0 Å². The lowest BCUT2D eigenvalue weighted by Crippen LogP contribution is -2.44. The predicted octanol–water partition coefficient (Wildman–Crippen LogP) is 2.70. The number of aliphatic imine (C=N–C) groups is 1. The molecule has 6 nitrogen and oxygen atoms in total. The monoisotopic (exact) mass is 436 g/mol. The zero-order chi connectivity index (χ0) is 21.7. The van der Waals surface area contributed by atoms with Crippen LogP contribution in [0.4, 0.5) is 14.5 Å². The largest absolute Gasteiger partial charge is 0.365 e. The van der Waals surface area contributed by atoms with Crippen molar-refractivity contribution in [3.63, 3.8) is 0 Å². The van der Waals surface area contributed by atoms with Crippen LogP contribution in [0.2, 0.25) is 0 Å². The fourth-order valence-corrected chi connectivity index (χ4v) is 4.03. The Kier molecular flexibility index (Phi) is 6.91. The van der Waals surface area contributed by atoms with Gasteiger partial charge in [0.25, 0.3) is 0 Å². The fourth-order valence-electron chi connectivity index (χ4n) is 3.40. The average Bonchev–Trinajstić information content (AvgIpc) is 3.14. The molecule has 2 aromatic rings. The minimum atomic E-state index is -3.23. The number of guanidine groups is 1. The van der Waals surface area contributed by atoms with Crippen LogP contribution < -0.4 is 15.5 Å². The van der Waals surface area contributed by atoms with Gasteiger partial charge in [-0.3, -0.25) is 0 Å². The second-order valence-electron chi connectivity index (χ2n) is 7.26. The number of benzene rings is 2. The number of halogens is 2. The van der Waals surface area contributed by atoms with Crippen molar-refractivity contribution >= 4 is 21.5 Å². The first-order chi connectivity index (χ1) is 14.3. The van der Waals surface area contributed by atoms with E-state index in [0.717, 1.165) is 12.0 Å². The highest BCUT2D eigenvalue weighted by Crippen LogP contribution is 2.26. The average molecular weight is 437 g/mol. The summed E-state index contributed by atoms with van der Waals surface area (Å²) in [6, 6.07) is 10.5. The van der Waals surface area contributed by atoms with E-state index in [1.807, 2.05) is 6.92 Å². The van der Waals surface area contributed by atoms with E-state index in [2.05, 4.69) is 15.6 Å². The maximum absolute atomic E-state index is 14.0. The van der Waals surface area contributed by atoms with E-state index in [1.54, 1.807) is 29.2 Å². The SMILES string of the molecule is CCNC(=NCc1ccc(S(C)(=O)=O)cc1)NC1CCN(c2c(F)cccc2F)C1. The fraction of sp³-hybridized carbons (Fsp3) is 0.381. The molecule has 0 radical (unpaired) electrons. The van der Waals surface area contributed by atoms with Crippen LogP contribution in [-0.4, -0.2) is 46.3 Å². The molecule has 3 rings (SSSR count). The minimum Gasteiger partial charge on any atom is -0.365 e. The molecule has 1 unspecified atom stereocenters. The maximum atomic E-state index is 14.0. The zero-order valence-corrected chi connectivity index (χ0v) is 17.8. The van der Waals surface area contributed by atoms with Gasteiger partial charge >= 0.3 is 0 Å². The van der Waals surface area contributed by atoms with Crippen molar-refractivity contribution in [2.75, 3.05) is 30.8 Å². The Morgan fingerprint density at radius 2 is 1.83 bits per heavy atom. The minimum absolute atomic E-state index is 0.00517. The lowest BCUT2D eigenvalue weighted by atomic mass is 10.2. The number of hydrogen-bond donors (Lipinski definition) is 2. The van der Waals surface area contributed by atoms with Crippen LogP contribution >= 0.6 is 0 Å².